The standard InChI is InChI=1S/C13H14BrNO3/c1-3-18-12-10(14)8-9-6-4-5-7-11(9)15(12)13(16)17-2/h4-8,12H,3H2,1-2H3. The van der Waals surface area contributed by atoms with E-state index in [0.29, 0.717) is 6.61 Å². The average molecular weight is 312 g/mol. The molecule has 1 unspecified atom stereocenters. The van der Waals surface area contributed by atoms with E-state index in [4.69, 9.17) is 9.47 Å². The SMILES string of the molecule is CCOC1C(Br)=Cc2ccccc2N1C(=O)OC. The van der Waals surface area contributed by atoms with E-state index in [0.717, 1.165) is 15.7 Å². The monoisotopic (exact) mass is 311 g/mol. The topological polar surface area (TPSA) is 38.8 Å². The van der Waals surface area contributed by atoms with Crippen LogP contribution in [-0.4, -0.2) is 26.0 Å². The number of amides is 1. The third kappa shape index (κ3) is 2.28. The van der Waals surface area contributed by atoms with Gasteiger partial charge in [0.2, 0.25) is 0 Å². The molecule has 96 valence electrons. The number of carbonyl (C=O) groups excluding carboxylic acids is 1. The van der Waals surface area contributed by atoms with Crippen LogP contribution in [0.4, 0.5) is 10.5 Å². The van der Waals surface area contributed by atoms with Gasteiger partial charge in [-0.05, 0) is 24.6 Å². The summed E-state index contributed by atoms with van der Waals surface area (Å²) in [6, 6.07) is 7.61. The van der Waals surface area contributed by atoms with Gasteiger partial charge in [0.1, 0.15) is 0 Å². The van der Waals surface area contributed by atoms with Crippen LogP contribution in [0, 0.1) is 0 Å². The maximum Gasteiger partial charge on any atom is 0.416 e. The molecule has 0 bridgehead atoms. The summed E-state index contributed by atoms with van der Waals surface area (Å²) in [6.07, 6.45) is 1.04. The number of fused-ring (bicyclic) bond motifs is 1. The minimum absolute atomic E-state index is 0.439. The van der Waals surface area contributed by atoms with Crippen LogP contribution in [0.2, 0.25) is 0 Å². The fourth-order valence-corrected chi connectivity index (χ4v) is 2.49. The molecule has 1 aromatic carbocycles. The number of nitrogens with zero attached hydrogens (tertiary/aromatic N) is 1. The second-order valence-corrected chi connectivity index (χ2v) is 4.65. The van der Waals surface area contributed by atoms with Crippen molar-refractivity contribution < 1.29 is 14.3 Å². The Bertz CT molecular complexity index is 487. The third-order valence-corrected chi connectivity index (χ3v) is 3.28. The number of hydrogen-bond acceptors (Lipinski definition) is 3. The van der Waals surface area contributed by atoms with Gasteiger partial charge in [0, 0.05) is 11.1 Å². The molecular formula is C13H14BrNO3. The van der Waals surface area contributed by atoms with Gasteiger partial charge in [0.25, 0.3) is 0 Å². The van der Waals surface area contributed by atoms with Gasteiger partial charge in [-0.25, -0.2) is 9.69 Å². The quantitative estimate of drug-likeness (QED) is 0.840. The number of para-hydroxylation sites is 1. The summed E-state index contributed by atoms with van der Waals surface area (Å²) < 4.78 is 11.2. The number of halogens is 1. The molecule has 0 N–H and O–H groups in total. The molecule has 0 saturated carbocycles. The molecule has 5 heteroatoms. The third-order valence-electron chi connectivity index (χ3n) is 2.66. The van der Waals surface area contributed by atoms with Crippen LogP contribution >= 0.6 is 15.9 Å². The average Bonchev–Trinajstić information content (AvgIpc) is 2.39. The van der Waals surface area contributed by atoms with Crippen LogP contribution in [0.25, 0.3) is 6.08 Å². The molecule has 0 radical (unpaired) electrons. The zero-order chi connectivity index (χ0) is 13.1. The predicted molar refractivity (Wildman–Crippen MR) is 73.6 cm³/mol. The van der Waals surface area contributed by atoms with Gasteiger partial charge in [0.05, 0.1) is 12.8 Å². The van der Waals surface area contributed by atoms with Crippen LogP contribution in [-0.2, 0) is 9.47 Å². The zero-order valence-corrected chi connectivity index (χ0v) is 11.8. The summed E-state index contributed by atoms with van der Waals surface area (Å²) in [4.78, 5) is 13.4. The molecule has 2 rings (SSSR count). The fourth-order valence-electron chi connectivity index (χ4n) is 1.90. The Labute approximate surface area is 114 Å². The van der Waals surface area contributed by atoms with E-state index in [9.17, 15) is 4.79 Å². The largest absolute Gasteiger partial charge is 0.452 e. The van der Waals surface area contributed by atoms with Gasteiger partial charge >= 0.3 is 6.09 Å². The molecule has 4 nitrogen and oxygen atoms in total. The number of anilines is 1. The van der Waals surface area contributed by atoms with Gasteiger partial charge in [-0.1, -0.05) is 34.1 Å². The maximum atomic E-state index is 11.9. The zero-order valence-electron chi connectivity index (χ0n) is 10.2. The highest BCUT2D eigenvalue weighted by Gasteiger charge is 2.33. The van der Waals surface area contributed by atoms with Crippen molar-refractivity contribution in [3.05, 3.63) is 34.3 Å². The first-order chi connectivity index (χ1) is 8.69. The highest BCUT2D eigenvalue weighted by Crippen LogP contribution is 2.35. The molecule has 1 aliphatic rings. The lowest BCUT2D eigenvalue weighted by Gasteiger charge is -2.34. The Balaban J connectivity index is 2.49. The molecule has 0 saturated heterocycles. The molecule has 0 fully saturated rings. The second kappa shape index (κ2) is 5.54. The van der Waals surface area contributed by atoms with E-state index in [2.05, 4.69) is 15.9 Å². The summed E-state index contributed by atoms with van der Waals surface area (Å²) in [5.74, 6) is 0. The number of benzene rings is 1. The summed E-state index contributed by atoms with van der Waals surface area (Å²) in [5, 5.41) is 0. The maximum absolute atomic E-state index is 11.9. The number of carbonyl (C=O) groups is 1. The van der Waals surface area contributed by atoms with Crippen molar-refractivity contribution in [1.29, 1.82) is 0 Å². The van der Waals surface area contributed by atoms with Gasteiger partial charge in [-0.3, -0.25) is 0 Å². The minimum atomic E-state index is -0.475. The molecule has 0 aliphatic carbocycles. The first kappa shape index (κ1) is 13.1. The predicted octanol–water partition coefficient (Wildman–Crippen LogP) is 3.37. The smallest absolute Gasteiger partial charge is 0.416 e. The Morgan fingerprint density at radius 1 is 1.44 bits per heavy atom. The van der Waals surface area contributed by atoms with Crippen molar-refractivity contribution >= 4 is 33.8 Å². The molecule has 0 spiro atoms. The van der Waals surface area contributed by atoms with Crippen LogP contribution in [0.3, 0.4) is 0 Å². The molecule has 1 heterocycles. The van der Waals surface area contributed by atoms with Crippen molar-refractivity contribution in [2.75, 3.05) is 18.6 Å². The van der Waals surface area contributed by atoms with E-state index in [-0.39, 0.29) is 0 Å². The Hall–Kier alpha value is -1.33. The number of rotatable bonds is 2. The van der Waals surface area contributed by atoms with Crippen molar-refractivity contribution in [2.45, 2.75) is 13.2 Å². The van der Waals surface area contributed by atoms with Crippen LogP contribution in [0.1, 0.15) is 12.5 Å². The van der Waals surface area contributed by atoms with E-state index in [1.54, 1.807) is 0 Å². The lowest BCUT2D eigenvalue weighted by molar-refractivity contribution is 0.0848. The van der Waals surface area contributed by atoms with Crippen molar-refractivity contribution in [1.82, 2.24) is 0 Å². The Morgan fingerprint density at radius 3 is 2.83 bits per heavy atom. The van der Waals surface area contributed by atoms with E-state index < -0.39 is 12.3 Å². The first-order valence-electron chi connectivity index (χ1n) is 5.64. The van der Waals surface area contributed by atoms with Crippen LogP contribution < -0.4 is 4.90 Å². The molecule has 1 amide bonds. The highest BCUT2D eigenvalue weighted by molar-refractivity contribution is 9.11. The van der Waals surface area contributed by atoms with Gasteiger partial charge in [0.15, 0.2) is 6.23 Å². The van der Waals surface area contributed by atoms with Gasteiger partial charge in [-0.15, -0.1) is 0 Å². The lowest BCUT2D eigenvalue weighted by atomic mass is 10.1. The van der Waals surface area contributed by atoms with E-state index >= 15 is 0 Å². The lowest BCUT2D eigenvalue weighted by Crippen LogP contribution is -2.44. The van der Waals surface area contributed by atoms with Gasteiger partial charge in [-0.2, -0.15) is 0 Å². The summed E-state index contributed by atoms with van der Waals surface area (Å²) in [7, 11) is 1.36. The molecule has 1 aromatic rings. The normalized spacial score (nSPS) is 18.1. The molecule has 18 heavy (non-hydrogen) atoms. The van der Waals surface area contributed by atoms with Crippen molar-refractivity contribution in [3.8, 4) is 0 Å². The van der Waals surface area contributed by atoms with Crippen molar-refractivity contribution in [3.63, 3.8) is 0 Å². The van der Waals surface area contributed by atoms with E-state index in [1.165, 1.54) is 12.0 Å². The fraction of sp³-hybridized carbons (Fsp3) is 0.308. The Kier molecular flexibility index (Phi) is 4.04. The second-order valence-electron chi connectivity index (χ2n) is 3.74. The minimum Gasteiger partial charge on any atom is -0.452 e. The number of hydrogen-bond donors (Lipinski definition) is 0. The summed E-state index contributed by atoms with van der Waals surface area (Å²) >= 11 is 3.45. The summed E-state index contributed by atoms with van der Waals surface area (Å²) in [5.41, 5.74) is 1.73. The Morgan fingerprint density at radius 2 is 2.17 bits per heavy atom. The van der Waals surface area contributed by atoms with Crippen LogP contribution in [0.5, 0.6) is 0 Å². The molecule has 1 aliphatic heterocycles. The number of methoxy groups -OCH3 is 1. The van der Waals surface area contributed by atoms with E-state index in [1.807, 2.05) is 37.3 Å². The molecular weight excluding hydrogens is 298 g/mol. The molecule has 1 atom stereocenters. The molecule has 0 aromatic heterocycles. The summed E-state index contributed by atoms with van der Waals surface area (Å²) in [6.45, 7) is 2.39. The first-order valence-corrected chi connectivity index (χ1v) is 6.43. The highest BCUT2D eigenvalue weighted by atomic mass is 79.9. The van der Waals surface area contributed by atoms with Crippen LogP contribution in [0.15, 0.2) is 28.7 Å². The van der Waals surface area contributed by atoms with Gasteiger partial charge < -0.3 is 9.47 Å². The van der Waals surface area contributed by atoms with Crippen molar-refractivity contribution in [2.24, 2.45) is 0 Å². The number of ether oxygens (including phenoxy) is 2.